The fraction of sp³-hybridized carbons (Fsp3) is 0.625. The summed E-state index contributed by atoms with van der Waals surface area (Å²) in [5, 5.41) is 8.79. The van der Waals surface area contributed by atoms with Gasteiger partial charge in [-0.15, -0.1) is 0 Å². The van der Waals surface area contributed by atoms with Crippen molar-refractivity contribution >= 4 is 5.97 Å². The Morgan fingerprint density at radius 1 is 1.83 bits per heavy atom. The van der Waals surface area contributed by atoms with E-state index in [1.54, 1.807) is 4.90 Å². The first-order chi connectivity index (χ1) is 5.58. The third-order valence-electron chi connectivity index (χ3n) is 1.91. The Balaban J connectivity index is 2.69. The molecule has 1 aliphatic rings. The molecule has 66 valence electrons. The summed E-state index contributed by atoms with van der Waals surface area (Å²) in [6, 6.07) is 2.40. The van der Waals surface area contributed by atoms with Crippen molar-refractivity contribution in [3.63, 3.8) is 0 Å². The summed E-state index contributed by atoms with van der Waals surface area (Å²) >= 11 is 0. The van der Waals surface area contributed by atoms with Gasteiger partial charge in [0.1, 0.15) is 0 Å². The van der Waals surface area contributed by atoms with E-state index in [2.05, 4.69) is 6.04 Å². The SMILES string of the molecule is C#CN1CCOC(C)(C(=O)O)C1. The molecule has 12 heavy (non-hydrogen) atoms. The second kappa shape index (κ2) is 3.03. The third kappa shape index (κ3) is 1.51. The highest BCUT2D eigenvalue weighted by Gasteiger charge is 2.38. The quantitative estimate of drug-likeness (QED) is 0.550. The van der Waals surface area contributed by atoms with Crippen LogP contribution in [-0.4, -0.2) is 41.3 Å². The second-order valence-electron chi connectivity index (χ2n) is 2.94. The molecule has 0 saturated carbocycles. The van der Waals surface area contributed by atoms with E-state index in [0.29, 0.717) is 13.2 Å². The molecule has 1 saturated heterocycles. The maximum Gasteiger partial charge on any atom is 0.337 e. The van der Waals surface area contributed by atoms with E-state index in [1.807, 2.05) is 0 Å². The number of carboxylic acids is 1. The first kappa shape index (κ1) is 8.88. The standard InChI is InChI=1S/C8H11NO3/c1-3-9-4-5-12-8(2,6-9)7(10)11/h1H,4-6H2,2H3,(H,10,11). The molecule has 0 aromatic rings. The van der Waals surface area contributed by atoms with E-state index in [4.69, 9.17) is 16.3 Å². The van der Waals surface area contributed by atoms with Crippen LogP contribution < -0.4 is 0 Å². The number of carbonyl (C=O) groups is 1. The van der Waals surface area contributed by atoms with Crippen molar-refractivity contribution in [3.8, 4) is 12.5 Å². The molecule has 4 heteroatoms. The van der Waals surface area contributed by atoms with E-state index in [1.165, 1.54) is 6.92 Å². The molecule has 0 bridgehead atoms. The maximum absolute atomic E-state index is 10.7. The van der Waals surface area contributed by atoms with Crippen LogP contribution in [0, 0.1) is 12.5 Å². The second-order valence-corrected chi connectivity index (χ2v) is 2.94. The van der Waals surface area contributed by atoms with Gasteiger partial charge in [-0.25, -0.2) is 4.79 Å². The van der Waals surface area contributed by atoms with Crippen LogP contribution >= 0.6 is 0 Å². The number of ether oxygens (including phenoxy) is 1. The van der Waals surface area contributed by atoms with Gasteiger partial charge in [0.05, 0.1) is 13.2 Å². The van der Waals surface area contributed by atoms with Crippen molar-refractivity contribution in [2.45, 2.75) is 12.5 Å². The number of aliphatic carboxylic acids is 1. The molecule has 4 nitrogen and oxygen atoms in total. The summed E-state index contributed by atoms with van der Waals surface area (Å²) in [6.07, 6.45) is 5.15. The molecule has 0 aromatic heterocycles. The maximum atomic E-state index is 10.7. The van der Waals surface area contributed by atoms with Crippen molar-refractivity contribution in [2.75, 3.05) is 19.7 Å². The molecule has 1 aliphatic heterocycles. The van der Waals surface area contributed by atoms with Gasteiger partial charge in [-0.1, -0.05) is 6.42 Å². The predicted molar refractivity (Wildman–Crippen MR) is 42.4 cm³/mol. The Morgan fingerprint density at radius 3 is 3.00 bits per heavy atom. The van der Waals surface area contributed by atoms with E-state index >= 15 is 0 Å². The Morgan fingerprint density at radius 2 is 2.50 bits per heavy atom. The lowest BCUT2D eigenvalue weighted by molar-refractivity contribution is -0.171. The van der Waals surface area contributed by atoms with Crippen LogP contribution in [0.1, 0.15) is 6.92 Å². The predicted octanol–water partition coefficient (Wildman–Crippen LogP) is -0.247. The lowest BCUT2D eigenvalue weighted by Crippen LogP contribution is -2.53. The van der Waals surface area contributed by atoms with Gasteiger partial charge < -0.3 is 14.7 Å². The number of carboxylic acid groups (broad SMARTS) is 1. The third-order valence-corrected chi connectivity index (χ3v) is 1.91. The zero-order valence-electron chi connectivity index (χ0n) is 6.91. The summed E-state index contributed by atoms with van der Waals surface area (Å²) < 4.78 is 5.12. The van der Waals surface area contributed by atoms with Crippen molar-refractivity contribution in [2.24, 2.45) is 0 Å². The van der Waals surface area contributed by atoms with Crippen LogP contribution in [0.5, 0.6) is 0 Å². The van der Waals surface area contributed by atoms with Gasteiger partial charge in [0, 0.05) is 12.6 Å². The van der Waals surface area contributed by atoms with Gasteiger partial charge in [-0.05, 0) is 6.92 Å². The zero-order valence-corrected chi connectivity index (χ0v) is 6.91. The molecule has 0 aliphatic carbocycles. The lowest BCUT2D eigenvalue weighted by Gasteiger charge is -2.35. The number of rotatable bonds is 1. The zero-order chi connectivity index (χ0) is 9.19. The Hall–Kier alpha value is -1.21. The topological polar surface area (TPSA) is 49.8 Å². The highest BCUT2D eigenvalue weighted by atomic mass is 16.5. The number of hydrogen-bond acceptors (Lipinski definition) is 3. The number of morpholine rings is 1. The highest BCUT2D eigenvalue weighted by molar-refractivity contribution is 5.77. The van der Waals surface area contributed by atoms with Crippen molar-refractivity contribution in [1.82, 2.24) is 4.90 Å². The van der Waals surface area contributed by atoms with Gasteiger partial charge in [0.2, 0.25) is 0 Å². The van der Waals surface area contributed by atoms with Crippen molar-refractivity contribution in [3.05, 3.63) is 0 Å². The number of nitrogens with zero attached hydrogens (tertiary/aromatic N) is 1. The van der Waals surface area contributed by atoms with Gasteiger partial charge >= 0.3 is 5.97 Å². The van der Waals surface area contributed by atoms with Crippen LogP contribution in [0.15, 0.2) is 0 Å². The van der Waals surface area contributed by atoms with E-state index < -0.39 is 11.6 Å². The molecule has 0 aromatic carbocycles. The molecule has 0 radical (unpaired) electrons. The first-order valence-corrected chi connectivity index (χ1v) is 3.67. The molecule has 0 amide bonds. The minimum atomic E-state index is -1.15. The molecule has 0 spiro atoms. The highest BCUT2D eigenvalue weighted by Crippen LogP contribution is 2.16. The minimum Gasteiger partial charge on any atom is -0.479 e. The fourth-order valence-electron chi connectivity index (χ4n) is 1.11. The monoisotopic (exact) mass is 169 g/mol. The average molecular weight is 169 g/mol. The van der Waals surface area contributed by atoms with Crippen molar-refractivity contribution in [1.29, 1.82) is 0 Å². The number of terminal acetylenes is 1. The molecule has 1 heterocycles. The van der Waals surface area contributed by atoms with E-state index in [-0.39, 0.29) is 6.54 Å². The normalized spacial score (nSPS) is 29.5. The summed E-state index contributed by atoms with van der Waals surface area (Å²) in [6.45, 7) is 2.74. The molecular weight excluding hydrogens is 158 g/mol. The van der Waals surface area contributed by atoms with Crippen LogP contribution in [-0.2, 0) is 9.53 Å². The van der Waals surface area contributed by atoms with Gasteiger partial charge in [-0.3, -0.25) is 0 Å². The minimum absolute atomic E-state index is 0.249. The smallest absolute Gasteiger partial charge is 0.337 e. The molecular formula is C8H11NO3. The summed E-state index contributed by atoms with van der Waals surface area (Å²) in [7, 11) is 0. The summed E-state index contributed by atoms with van der Waals surface area (Å²) in [5.74, 6) is -0.970. The molecule has 1 fully saturated rings. The largest absolute Gasteiger partial charge is 0.479 e. The van der Waals surface area contributed by atoms with Crippen LogP contribution in [0.25, 0.3) is 0 Å². The Kier molecular flexibility index (Phi) is 2.25. The molecule has 1 rings (SSSR count). The molecule has 1 N–H and O–H groups in total. The van der Waals surface area contributed by atoms with E-state index in [0.717, 1.165) is 0 Å². The van der Waals surface area contributed by atoms with Gasteiger partial charge in [0.15, 0.2) is 5.60 Å². The average Bonchev–Trinajstić information content (AvgIpc) is 2.04. The fourth-order valence-corrected chi connectivity index (χ4v) is 1.11. The summed E-state index contributed by atoms with van der Waals surface area (Å²) in [4.78, 5) is 12.3. The first-order valence-electron chi connectivity index (χ1n) is 3.67. The van der Waals surface area contributed by atoms with Crippen LogP contribution in [0.2, 0.25) is 0 Å². The molecule has 1 atom stereocenters. The Labute approximate surface area is 71.1 Å². The van der Waals surface area contributed by atoms with Gasteiger partial charge in [-0.2, -0.15) is 0 Å². The van der Waals surface area contributed by atoms with Crippen molar-refractivity contribution < 1.29 is 14.6 Å². The van der Waals surface area contributed by atoms with E-state index in [9.17, 15) is 4.79 Å². The summed E-state index contributed by atoms with van der Waals surface area (Å²) in [5.41, 5.74) is -1.15. The lowest BCUT2D eigenvalue weighted by atomic mass is 10.1. The number of hydrogen-bond donors (Lipinski definition) is 1. The van der Waals surface area contributed by atoms with Gasteiger partial charge in [0.25, 0.3) is 0 Å². The van der Waals surface area contributed by atoms with Crippen LogP contribution in [0.3, 0.4) is 0 Å². The Bertz CT molecular complexity index is 233. The molecule has 1 unspecified atom stereocenters. The van der Waals surface area contributed by atoms with Crippen LogP contribution in [0.4, 0.5) is 0 Å².